The third-order valence-corrected chi connectivity index (χ3v) is 6.02. The highest BCUT2D eigenvalue weighted by Gasteiger charge is 2.35. The van der Waals surface area contributed by atoms with Gasteiger partial charge in [-0.15, -0.1) is 0 Å². The van der Waals surface area contributed by atoms with Crippen molar-refractivity contribution in [3.05, 3.63) is 29.3 Å². The number of sulfonamides is 1. The van der Waals surface area contributed by atoms with Gasteiger partial charge in [-0.2, -0.15) is 4.31 Å². The summed E-state index contributed by atoms with van der Waals surface area (Å²) in [6.45, 7) is 2.80. The fourth-order valence-electron chi connectivity index (χ4n) is 2.20. The molecule has 1 fully saturated rings. The summed E-state index contributed by atoms with van der Waals surface area (Å²) in [5, 5.41) is 8.11. The Balaban J connectivity index is 2.03. The Labute approximate surface area is 129 Å². The van der Waals surface area contributed by atoms with E-state index in [2.05, 4.69) is 0 Å². The van der Waals surface area contributed by atoms with Crippen molar-refractivity contribution in [2.45, 2.75) is 12.2 Å². The van der Waals surface area contributed by atoms with Crippen LogP contribution in [-0.4, -0.2) is 55.2 Å². The molecular formula is C13H17ClN2O4S. The van der Waals surface area contributed by atoms with Crippen molar-refractivity contribution in [1.29, 1.82) is 0 Å². The van der Waals surface area contributed by atoms with E-state index in [0.29, 0.717) is 18.1 Å². The highest BCUT2D eigenvalue weighted by Crippen LogP contribution is 2.21. The lowest BCUT2D eigenvalue weighted by Crippen LogP contribution is -2.51. The van der Waals surface area contributed by atoms with E-state index in [1.807, 2.05) is 17.0 Å². The molecule has 1 aromatic rings. The number of nitrogens with zero attached hydrogens (tertiary/aromatic N) is 2. The molecular weight excluding hydrogens is 316 g/mol. The van der Waals surface area contributed by atoms with Crippen LogP contribution in [0.1, 0.15) is 6.92 Å². The number of rotatable bonds is 4. The molecule has 2 rings (SSSR count). The number of piperazine rings is 1. The van der Waals surface area contributed by atoms with Gasteiger partial charge in [0.15, 0.2) is 5.25 Å². The topological polar surface area (TPSA) is 77.9 Å². The zero-order chi connectivity index (χ0) is 15.6. The molecule has 1 aliphatic heterocycles. The molecule has 0 bridgehead atoms. The second-order valence-electron chi connectivity index (χ2n) is 4.89. The molecule has 1 saturated heterocycles. The number of carbonyl (C=O) groups is 1. The fourth-order valence-corrected chi connectivity index (χ4v) is 3.70. The number of aliphatic carboxylic acids is 1. The van der Waals surface area contributed by atoms with Crippen molar-refractivity contribution in [2.24, 2.45) is 0 Å². The van der Waals surface area contributed by atoms with Crippen molar-refractivity contribution in [1.82, 2.24) is 4.31 Å². The maximum Gasteiger partial charge on any atom is 0.323 e. The maximum atomic E-state index is 12.1. The monoisotopic (exact) mass is 332 g/mol. The van der Waals surface area contributed by atoms with Crippen LogP contribution in [0.15, 0.2) is 24.3 Å². The van der Waals surface area contributed by atoms with Gasteiger partial charge in [0.1, 0.15) is 0 Å². The lowest BCUT2D eigenvalue weighted by molar-refractivity contribution is -0.136. The molecule has 1 aliphatic rings. The van der Waals surface area contributed by atoms with Crippen LogP contribution in [0.4, 0.5) is 5.69 Å². The number of carboxylic acids is 1. The van der Waals surface area contributed by atoms with E-state index in [-0.39, 0.29) is 13.1 Å². The summed E-state index contributed by atoms with van der Waals surface area (Å²) in [7, 11) is -3.79. The van der Waals surface area contributed by atoms with Gasteiger partial charge < -0.3 is 10.0 Å². The molecule has 1 N–H and O–H groups in total. The van der Waals surface area contributed by atoms with Crippen LogP contribution < -0.4 is 4.90 Å². The van der Waals surface area contributed by atoms with Gasteiger partial charge in [0.25, 0.3) is 0 Å². The first kappa shape index (κ1) is 16.1. The summed E-state index contributed by atoms with van der Waals surface area (Å²) in [6, 6.07) is 7.33. The van der Waals surface area contributed by atoms with Crippen molar-refractivity contribution in [3.8, 4) is 0 Å². The highest BCUT2D eigenvalue weighted by atomic mass is 35.5. The van der Waals surface area contributed by atoms with Crippen LogP contribution in [0.2, 0.25) is 5.02 Å². The lowest BCUT2D eigenvalue weighted by atomic mass is 10.2. The van der Waals surface area contributed by atoms with Gasteiger partial charge in [0, 0.05) is 36.9 Å². The van der Waals surface area contributed by atoms with Crippen molar-refractivity contribution in [2.75, 3.05) is 31.1 Å². The average Bonchev–Trinajstić information content (AvgIpc) is 2.47. The number of halogens is 1. The molecule has 8 heteroatoms. The Kier molecular flexibility index (Phi) is 4.75. The standard InChI is InChI=1S/C13H17ClN2O4S/c1-10(13(17)18)21(19,20)16-8-6-15(7-9-16)12-4-2-11(14)3-5-12/h2-5,10H,6-9H2,1H3,(H,17,18). The first-order valence-electron chi connectivity index (χ1n) is 6.54. The minimum absolute atomic E-state index is 0.280. The van der Waals surface area contributed by atoms with Gasteiger partial charge >= 0.3 is 5.97 Å². The molecule has 1 aromatic carbocycles. The van der Waals surface area contributed by atoms with E-state index in [1.54, 1.807) is 12.1 Å². The third-order valence-electron chi connectivity index (χ3n) is 3.58. The summed E-state index contributed by atoms with van der Waals surface area (Å²) >= 11 is 5.84. The maximum absolute atomic E-state index is 12.1. The molecule has 0 aromatic heterocycles. The zero-order valence-electron chi connectivity index (χ0n) is 11.6. The summed E-state index contributed by atoms with van der Waals surface area (Å²) in [4.78, 5) is 12.9. The molecule has 0 amide bonds. The number of carboxylic acid groups (broad SMARTS) is 1. The van der Waals surface area contributed by atoms with E-state index in [4.69, 9.17) is 16.7 Å². The largest absolute Gasteiger partial charge is 0.480 e. The minimum atomic E-state index is -3.79. The summed E-state index contributed by atoms with van der Waals surface area (Å²) in [6.07, 6.45) is 0. The predicted octanol–water partition coefficient (Wildman–Crippen LogP) is 1.26. The normalized spacial score (nSPS) is 18.5. The number of benzene rings is 1. The van der Waals surface area contributed by atoms with Crippen LogP contribution >= 0.6 is 11.6 Å². The molecule has 0 saturated carbocycles. The first-order valence-corrected chi connectivity index (χ1v) is 8.43. The molecule has 0 radical (unpaired) electrons. The molecule has 6 nitrogen and oxygen atoms in total. The van der Waals surface area contributed by atoms with Crippen molar-refractivity contribution < 1.29 is 18.3 Å². The van der Waals surface area contributed by atoms with Gasteiger partial charge in [-0.3, -0.25) is 4.79 Å². The van der Waals surface area contributed by atoms with E-state index in [9.17, 15) is 13.2 Å². The Morgan fingerprint density at radius 2 is 1.71 bits per heavy atom. The molecule has 1 heterocycles. The van der Waals surface area contributed by atoms with E-state index >= 15 is 0 Å². The molecule has 21 heavy (non-hydrogen) atoms. The van der Waals surface area contributed by atoms with Gasteiger partial charge in [0.2, 0.25) is 10.0 Å². The van der Waals surface area contributed by atoms with Crippen molar-refractivity contribution >= 4 is 33.3 Å². The highest BCUT2D eigenvalue weighted by molar-refractivity contribution is 7.90. The van der Waals surface area contributed by atoms with Crippen LogP contribution in [0.5, 0.6) is 0 Å². The predicted molar refractivity (Wildman–Crippen MR) is 81.3 cm³/mol. The second-order valence-corrected chi connectivity index (χ2v) is 7.58. The van der Waals surface area contributed by atoms with Crippen LogP contribution in [0, 0.1) is 0 Å². The Morgan fingerprint density at radius 3 is 2.19 bits per heavy atom. The lowest BCUT2D eigenvalue weighted by Gasteiger charge is -2.36. The molecule has 1 unspecified atom stereocenters. The number of anilines is 1. The van der Waals surface area contributed by atoms with Gasteiger partial charge in [-0.05, 0) is 31.2 Å². The number of hydrogen-bond acceptors (Lipinski definition) is 4. The Bertz CT molecular complexity index is 610. The van der Waals surface area contributed by atoms with Crippen LogP contribution in [0.25, 0.3) is 0 Å². The molecule has 1 atom stereocenters. The third kappa shape index (κ3) is 3.48. The summed E-state index contributed by atoms with van der Waals surface area (Å²) in [5.74, 6) is -1.32. The first-order chi connectivity index (χ1) is 9.82. The van der Waals surface area contributed by atoms with Gasteiger partial charge in [-0.1, -0.05) is 11.6 Å². The zero-order valence-corrected chi connectivity index (χ0v) is 13.1. The van der Waals surface area contributed by atoms with Gasteiger partial charge in [0.05, 0.1) is 0 Å². The fraction of sp³-hybridized carbons (Fsp3) is 0.462. The Hall–Kier alpha value is -1.31. The summed E-state index contributed by atoms with van der Waals surface area (Å²) in [5.41, 5.74) is 0.975. The molecule has 0 aliphatic carbocycles. The van der Waals surface area contributed by atoms with E-state index < -0.39 is 21.2 Å². The minimum Gasteiger partial charge on any atom is -0.480 e. The average molecular weight is 333 g/mol. The van der Waals surface area contributed by atoms with Crippen LogP contribution in [-0.2, 0) is 14.8 Å². The van der Waals surface area contributed by atoms with Crippen LogP contribution in [0.3, 0.4) is 0 Å². The van der Waals surface area contributed by atoms with E-state index in [1.165, 1.54) is 11.2 Å². The van der Waals surface area contributed by atoms with Crippen molar-refractivity contribution in [3.63, 3.8) is 0 Å². The summed E-state index contributed by atoms with van der Waals surface area (Å²) < 4.78 is 25.5. The molecule has 116 valence electrons. The quantitative estimate of drug-likeness (QED) is 0.898. The SMILES string of the molecule is CC(C(=O)O)S(=O)(=O)N1CCN(c2ccc(Cl)cc2)CC1. The van der Waals surface area contributed by atoms with Gasteiger partial charge in [-0.25, -0.2) is 8.42 Å². The second kappa shape index (κ2) is 6.21. The smallest absolute Gasteiger partial charge is 0.323 e. The molecule has 0 spiro atoms. The van der Waals surface area contributed by atoms with E-state index in [0.717, 1.165) is 5.69 Å². The Morgan fingerprint density at radius 1 is 1.19 bits per heavy atom. The number of hydrogen-bond donors (Lipinski definition) is 1.